The summed E-state index contributed by atoms with van der Waals surface area (Å²) in [6, 6.07) is 10.5. The van der Waals surface area contributed by atoms with E-state index in [-0.39, 0.29) is 22.4 Å². The number of carboxylic acids is 1. The number of aliphatic carboxylic acids is 1. The summed E-state index contributed by atoms with van der Waals surface area (Å²) < 4.78 is 16.0. The summed E-state index contributed by atoms with van der Waals surface area (Å²) in [4.78, 5) is 30.4. The fraction of sp³-hybridized carbons (Fsp3) is 0.261. The molecule has 0 spiro atoms. The summed E-state index contributed by atoms with van der Waals surface area (Å²) in [5.41, 5.74) is 1.31. The second-order valence-corrected chi connectivity index (χ2v) is 8.11. The molecular weight excluding hydrogens is 468 g/mol. The molecule has 1 aliphatic rings. The molecule has 10 heteroatoms. The van der Waals surface area contributed by atoms with Crippen molar-refractivity contribution in [2.24, 2.45) is 4.99 Å². The number of hydrogen-bond acceptors (Lipinski definition) is 7. The van der Waals surface area contributed by atoms with Crippen molar-refractivity contribution in [2.45, 2.75) is 13.8 Å². The molecule has 8 nitrogen and oxygen atoms in total. The van der Waals surface area contributed by atoms with E-state index in [0.29, 0.717) is 34.5 Å². The lowest BCUT2D eigenvalue weighted by atomic mass is 10.1. The maximum Gasteiger partial charge on any atom is 0.341 e. The van der Waals surface area contributed by atoms with Gasteiger partial charge in [-0.25, -0.2) is 9.79 Å². The van der Waals surface area contributed by atoms with E-state index in [1.807, 2.05) is 38.1 Å². The molecule has 1 amide bonds. The van der Waals surface area contributed by atoms with Gasteiger partial charge in [0.15, 0.2) is 23.3 Å². The maximum absolute atomic E-state index is 12.9. The highest BCUT2D eigenvalue weighted by Gasteiger charge is 2.32. The van der Waals surface area contributed by atoms with E-state index in [9.17, 15) is 9.59 Å². The molecule has 1 fully saturated rings. The molecule has 0 aromatic heterocycles. The number of amidine groups is 1. The number of thioether (sulfide) groups is 1. The largest absolute Gasteiger partial charge is 0.494 e. The van der Waals surface area contributed by atoms with Gasteiger partial charge >= 0.3 is 5.97 Å². The predicted octanol–water partition coefficient (Wildman–Crippen LogP) is 4.83. The smallest absolute Gasteiger partial charge is 0.341 e. The van der Waals surface area contributed by atoms with Crippen LogP contribution in [-0.4, -0.2) is 53.9 Å². The second-order valence-electron chi connectivity index (χ2n) is 6.70. The number of rotatable bonds is 9. The van der Waals surface area contributed by atoms with Crippen molar-refractivity contribution in [3.05, 3.63) is 51.9 Å². The van der Waals surface area contributed by atoms with Gasteiger partial charge in [0.25, 0.3) is 5.91 Å². The molecule has 0 saturated carbocycles. The number of carboxylic acid groups (broad SMARTS) is 1. The molecule has 2 aromatic carbocycles. The van der Waals surface area contributed by atoms with E-state index in [0.717, 1.165) is 5.75 Å². The van der Waals surface area contributed by atoms with E-state index >= 15 is 0 Å². The number of hydrogen-bond donors (Lipinski definition) is 1. The van der Waals surface area contributed by atoms with Crippen LogP contribution in [0.4, 0.5) is 5.69 Å². The number of amides is 1. The number of halogens is 1. The molecule has 0 radical (unpaired) electrons. The summed E-state index contributed by atoms with van der Waals surface area (Å²) >= 11 is 7.54. The van der Waals surface area contributed by atoms with E-state index in [1.54, 1.807) is 23.1 Å². The fourth-order valence-corrected chi connectivity index (χ4v) is 4.35. The van der Waals surface area contributed by atoms with Crippen molar-refractivity contribution in [2.75, 3.05) is 26.9 Å². The van der Waals surface area contributed by atoms with Crippen molar-refractivity contribution in [3.63, 3.8) is 0 Å². The third-order valence-corrected chi connectivity index (χ3v) is 5.75. The molecule has 0 atom stereocenters. The number of likely N-dealkylation sites (N-methyl/N-ethyl adjacent to an activating group) is 1. The Hall–Kier alpha value is -3.17. The molecule has 2 aromatic rings. The van der Waals surface area contributed by atoms with E-state index in [1.165, 1.54) is 18.9 Å². The number of nitrogens with zero attached hydrogens (tertiary/aromatic N) is 2. The van der Waals surface area contributed by atoms with E-state index in [4.69, 9.17) is 30.9 Å². The van der Waals surface area contributed by atoms with Gasteiger partial charge in [-0.2, -0.15) is 0 Å². The Kier molecular flexibility index (Phi) is 8.24. The summed E-state index contributed by atoms with van der Waals surface area (Å²) in [6.45, 7) is 4.29. The molecular formula is C23H23ClN2O6S. The minimum Gasteiger partial charge on any atom is -0.494 e. The number of carbonyl (C=O) groups excluding carboxylic acids is 1. The quantitative estimate of drug-likeness (QED) is 0.502. The summed E-state index contributed by atoms with van der Waals surface area (Å²) in [7, 11) is 1.42. The van der Waals surface area contributed by atoms with Crippen LogP contribution in [0.2, 0.25) is 5.02 Å². The van der Waals surface area contributed by atoms with Gasteiger partial charge in [-0.05, 0) is 73.6 Å². The summed E-state index contributed by atoms with van der Waals surface area (Å²) in [6.07, 6.45) is 1.69. The van der Waals surface area contributed by atoms with Gasteiger partial charge in [0, 0.05) is 6.54 Å². The van der Waals surface area contributed by atoms with Crippen LogP contribution >= 0.6 is 23.4 Å². The highest BCUT2D eigenvalue weighted by Crippen LogP contribution is 2.39. The van der Waals surface area contributed by atoms with Crippen LogP contribution in [0.15, 0.2) is 46.3 Å². The monoisotopic (exact) mass is 490 g/mol. The van der Waals surface area contributed by atoms with Gasteiger partial charge in [0.2, 0.25) is 0 Å². The molecule has 0 aliphatic carbocycles. The fourth-order valence-electron chi connectivity index (χ4n) is 3.01. The average Bonchev–Trinajstić information content (AvgIpc) is 3.07. The molecule has 1 saturated heterocycles. The lowest BCUT2D eigenvalue weighted by Crippen LogP contribution is -2.28. The standard InChI is InChI=1S/C23H23ClN2O6S/c1-4-26-22(29)19(33-23(26)25-15-6-8-16(9-7-15)31-5-2)12-14-10-17(24)21(18(11-14)30-3)32-13-20(27)28/h6-12H,4-5,13H2,1-3H3,(H,27,28)/b19-12-,25-23?. The Labute approximate surface area is 200 Å². The van der Waals surface area contributed by atoms with Crippen LogP contribution in [0.5, 0.6) is 17.2 Å². The summed E-state index contributed by atoms with van der Waals surface area (Å²) in [5, 5.41) is 9.58. The minimum absolute atomic E-state index is 0.127. The second kappa shape index (κ2) is 11.1. The Balaban J connectivity index is 1.88. The molecule has 1 heterocycles. The molecule has 1 aliphatic heterocycles. The molecule has 174 valence electrons. The average molecular weight is 491 g/mol. The van der Waals surface area contributed by atoms with Crippen LogP contribution in [0.3, 0.4) is 0 Å². The predicted molar refractivity (Wildman–Crippen MR) is 129 cm³/mol. The lowest BCUT2D eigenvalue weighted by molar-refractivity contribution is -0.139. The maximum atomic E-state index is 12.9. The van der Waals surface area contributed by atoms with E-state index in [2.05, 4.69) is 4.99 Å². The van der Waals surface area contributed by atoms with Crippen LogP contribution in [0.1, 0.15) is 19.4 Å². The number of benzene rings is 2. The van der Waals surface area contributed by atoms with Gasteiger partial charge in [-0.3, -0.25) is 9.69 Å². The molecule has 3 rings (SSSR count). The van der Waals surface area contributed by atoms with Gasteiger partial charge in [-0.15, -0.1) is 0 Å². The highest BCUT2D eigenvalue weighted by molar-refractivity contribution is 8.18. The minimum atomic E-state index is -1.13. The normalized spacial score (nSPS) is 15.9. The van der Waals surface area contributed by atoms with Crippen molar-refractivity contribution in [3.8, 4) is 17.2 Å². The number of methoxy groups -OCH3 is 1. The SMILES string of the molecule is CCOc1ccc(N=C2S/C(=C\c3cc(Cl)c(OCC(=O)O)c(OC)c3)C(=O)N2CC)cc1. The first kappa shape index (κ1) is 24.5. The highest BCUT2D eigenvalue weighted by atomic mass is 35.5. The molecule has 0 bridgehead atoms. The van der Waals surface area contributed by atoms with Crippen LogP contribution in [0, 0.1) is 0 Å². The zero-order valence-corrected chi connectivity index (χ0v) is 19.9. The Morgan fingerprint density at radius 3 is 2.55 bits per heavy atom. The topological polar surface area (TPSA) is 97.7 Å². The van der Waals surface area contributed by atoms with Crippen molar-refractivity contribution >= 4 is 52.2 Å². The van der Waals surface area contributed by atoms with Crippen LogP contribution < -0.4 is 14.2 Å². The number of aliphatic imine (C=N–C) groups is 1. The first-order chi connectivity index (χ1) is 15.9. The van der Waals surface area contributed by atoms with Gasteiger partial charge in [0.05, 0.1) is 29.3 Å². The number of ether oxygens (including phenoxy) is 3. The Bertz CT molecular complexity index is 1100. The van der Waals surface area contributed by atoms with Crippen LogP contribution in [-0.2, 0) is 9.59 Å². The Morgan fingerprint density at radius 2 is 1.94 bits per heavy atom. The first-order valence-electron chi connectivity index (χ1n) is 10.1. The van der Waals surface area contributed by atoms with Gasteiger partial charge in [-0.1, -0.05) is 11.6 Å². The number of carbonyl (C=O) groups is 2. The van der Waals surface area contributed by atoms with Crippen LogP contribution in [0.25, 0.3) is 6.08 Å². The van der Waals surface area contributed by atoms with Crippen molar-refractivity contribution in [1.82, 2.24) is 4.90 Å². The molecule has 1 N–H and O–H groups in total. The third kappa shape index (κ3) is 6.00. The van der Waals surface area contributed by atoms with Gasteiger partial charge < -0.3 is 19.3 Å². The summed E-state index contributed by atoms with van der Waals surface area (Å²) in [5.74, 6) is -0.158. The van der Waals surface area contributed by atoms with Crippen molar-refractivity contribution in [1.29, 1.82) is 0 Å². The zero-order valence-electron chi connectivity index (χ0n) is 18.3. The van der Waals surface area contributed by atoms with E-state index < -0.39 is 12.6 Å². The first-order valence-corrected chi connectivity index (χ1v) is 11.3. The zero-order chi connectivity index (χ0) is 24.0. The molecule has 33 heavy (non-hydrogen) atoms. The lowest BCUT2D eigenvalue weighted by Gasteiger charge is -2.12. The van der Waals surface area contributed by atoms with Crippen molar-refractivity contribution < 1.29 is 28.9 Å². The Morgan fingerprint density at radius 1 is 1.21 bits per heavy atom. The van der Waals surface area contributed by atoms with Gasteiger partial charge in [0.1, 0.15) is 5.75 Å². The third-order valence-electron chi connectivity index (χ3n) is 4.47. The molecule has 0 unspecified atom stereocenters.